The van der Waals surface area contributed by atoms with Gasteiger partial charge in [0.15, 0.2) is 0 Å². The molecule has 20 heavy (non-hydrogen) atoms. The minimum absolute atomic E-state index is 0.00444. The second kappa shape index (κ2) is 6.73. The summed E-state index contributed by atoms with van der Waals surface area (Å²) < 4.78 is 0. The van der Waals surface area contributed by atoms with Gasteiger partial charge in [-0.2, -0.15) is 0 Å². The van der Waals surface area contributed by atoms with E-state index in [4.69, 9.17) is 0 Å². The Hall–Kier alpha value is -1.58. The fourth-order valence-electron chi connectivity index (χ4n) is 2.75. The van der Waals surface area contributed by atoms with Crippen LogP contribution in [-0.4, -0.2) is 23.5 Å². The molecule has 1 aliphatic carbocycles. The number of pyridine rings is 1. The molecule has 0 saturated heterocycles. The predicted octanol–water partition coefficient (Wildman–Crippen LogP) is 3.13. The first-order chi connectivity index (χ1) is 9.60. The maximum atomic E-state index is 12.4. The summed E-state index contributed by atoms with van der Waals surface area (Å²) in [7, 11) is 0. The summed E-state index contributed by atoms with van der Waals surface area (Å²) >= 11 is 0. The number of hydrogen-bond donors (Lipinski definition) is 2. The minimum Gasteiger partial charge on any atom is -0.384 e. The third-order valence-corrected chi connectivity index (χ3v) is 3.88. The first kappa shape index (κ1) is 14.8. The van der Waals surface area contributed by atoms with Crippen LogP contribution in [-0.2, 0) is 0 Å². The summed E-state index contributed by atoms with van der Waals surface area (Å²) in [6.07, 6.45) is 6.09. The zero-order valence-electron chi connectivity index (χ0n) is 12.7. The van der Waals surface area contributed by atoms with Crippen LogP contribution in [0.25, 0.3) is 0 Å². The van der Waals surface area contributed by atoms with Crippen molar-refractivity contribution in [3.63, 3.8) is 0 Å². The van der Waals surface area contributed by atoms with E-state index < -0.39 is 0 Å². The molecule has 1 saturated carbocycles. The van der Waals surface area contributed by atoms with Gasteiger partial charge in [-0.05, 0) is 44.6 Å². The molecule has 0 spiro atoms. The molecule has 4 nitrogen and oxygen atoms in total. The molecular formula is C16H25N3O. The molecule has 1 fully saturated rings. The minimum atomic E-state index is -0.00444. The van der Waals surface area contributed by atoms with Crippen LogP contribution in [0.2, 0.25) is 0 Å². The highest BCUT2D eigenvalue weighted by atomic mass is 16.1. The number of nitrogens with zero attached hydrogens (tertiary/aromatic N) is 1. The Morgan fingerprint density at radius 2 is 2.25 bits per heavy atom. The Balaban J connectivity index is 2.08. The summed E-state index contributed by atoms with van der Waals surface area (Å²) in [5, 5.41) is 6.46. The predicted molar refractivity (Wildman–Crippen MR) is 82.0 cm³/mol. The van der Waals surface area contributed by atoms with E-state index in [0.29, 0.717) is 17.5 Å². The van der Waals surface area contributed by atoms with Gasteiger partial charge in [-0.25, -0.2) is 0 Å². The Morgan fingerprint density at radius 1 is 1.45 bits per heavy atom. The number of aromatic nitrogens is 1. The molecule has 1 aromatic heterocycles. The van der Waals surface area contributed by atoms with E-state index in [9.17, 15) is 4.79 Å². The normalized spacial score (nSPS) is 21.8. The van der Waals surface area contributed by atoms with E-state index in [1.165, 1.54) is 6.42 Å². The van der Waals surface area contributed by atoms with Crippen molar-refractivity contribution in [1.82, 2.24) is 10.3 Å². The number of amides is 1. The topological polar surface area (TPSA) is 54.0 Å². The van der Waals surface area contributed by atoms with Crippen LogP contribution in [0.5, 0.6) is 0 Å². The third-order valence-electron chi connectivity index (χ3n) is 3.88. The zero-order valence-corrected chi connectivity index (χ0v) is 12.7. The lowest BCUT2D eigenvalue weighted by atomic mass is 10.1. The number of aryl methyl sites for hydroxylation is 1. The van der Waals surface area contributed by atoms with E-state index in [2.05, 4.69) is 29.5 Å². The Bertz CT molecular complexity index is 473. The van der Waals surface area contributed by atoms with Crippen molar-refractivity contribution in [2.45, 2.75) is 52.5 Å². The lowest BCUT2D eigenvalue weighted by Gasteiger charge is -2.15. The van der Waals surface area contributed by atoms with Crippen molar-refractivity contribution in [1.29, 1.82) is 0 Å². The van der Waals surface area contributed by atoms with Gasteiger partial charge in [0, 0.05) is 24.5 Å². The number of anilines is 1. The van der Waals surface area contributed by atoms with Crippen molar-refractivity contribution in [3.05, 3.63) is 23.5 Å². The van der Waals surface area contributed by atoms with E-state index in [-0.39, 0.29) is 5.91 Å². The molecule has 4 heteroatoms. The molecule has 2 unspecified atom stereocenters. The maximum absolute atomic E-state index is 12.4. The Labute approximate surface area is 121 Å². The summed E-state index contributed by atoms with van der Waals surface area (Å²) in [4.78, 5) is 16.7. The molecule has 0 aliphatic heterocycles. The summed E-state index contributed by atoms with van der Waals surface area (Å²) in [5.74, 6) is 0.712. The second-order valence-corrected chi connectivity index (χ2v) is 5.89. The van der Waals surface area contributed by atoms with Gasteiger partial charge in [-0.15, -0.1) is 0 Å². The lowest BCUT2D eigenvalue weighted by molar-refractivity contribution is 0.0937. The average Bonchev–Trinajstić information content (AvgIpc) is 2.81. The number of carbonyl (C=O) groups excluding carboxylic acids is 1. The molecule has 1 aromatic rings. The van der Waals surface area contributed by atoms with Crippen LogP contribution in [0.15, 0.2) is 12.3 Å². The second-order valence-electron chi connectivity index (χ2n) is 5.89. The fraction of sp³-hybridized carbons (Fsp3) is 0.625. The van der Waals surface area contributed by atoms with Crippen LogP contribution in [0.3, 0.4) is 0 Å². The van der Waals surface area contributed by atoms with Crippen molar-refractivity contribution < 1.29 is 4.79 Å². The smallest absolute Gasteiger partial charge is 0.255 e. The Kier molecular flexibility index (Phi) is 4.99. The van der Waals surface area contributed by atoms with Gasteiger partial charge in [-0.3, -0.25) is 9.78 Å². The molecule has 1 heterocycles. The van der Waals surface area contributed by atoms with Crippen LogP contribution >= 0.6 is 0 Å². The first-order valence-electron chi connectivity index (χ1n) is 7.61. The van der Waals surface area contributed by atoms with Gasteiger partial charge < -0.3 is 10.6 Å². The van der Waals surface area contributed by atoms with Crippen LogP contribution in [0, 0.1) is 12.8 Å². The zero-order chi connectivity index (χ0) is 14.5. The molecule has 0 bridgehead atoms. The van der Waals surface area contributed by atoms with Crippen LogP contribution < -0.4 is 10.6 Å². The van der Waals surface area contributed by atoms with Crippen LogP contribution in [0.1, 0.15) is 55.6 Å². The third kappa shape index (κ3) is 3.71. The number of carbonyl (C=O) groups is 1. The molecule has 110 valence electrons. The quantitative estimate of drug-likeness (QED) is 0.868. The molecule has 2 rings (SSSR count). The highest BCUT2D eigenvalue weighted by molar-refractivity contribution is 5.99. The molecular weight excluding hydrogens is 250 g/mol. The summed E-state index contributed by atoms with van der Waals surface area (Å²) in [6, 6.07) is 2.26. The van der Waals surface area contributed by atoms with Crippen molar-refractivity contribution in [2.75, 3.05) is 11.9 Å². The standard InChI is InChI=1S/C16H25N3O/c1-4-7-17-15-9-12(3)18-10-14(15)16(20)19-13-6-5-11(2)8-13/h9-11,13H,4-8H2,1-3H3,(H,17,18)(H,19,20). The Morgan fingerprint density at radius 3 is 2.90 bits per heavy atom. The van der Waals surface area contributed by atoms with Gasteiger partial charge in [0.1, 0.15) is 0 Å². The molecule has 2 N–H and O–H groups in total. The van der Waals surface area contributed by atoms with Crippen molar-refractivity contribution >= 4 is 11.6 Å². The van der Waals surface area contributed by atoms with Gasteiger partial charge in [0.25, 0.3) is 5.91 Å². The SMILES string of the molecule is CCCNc1cc(C)ncc1C(=O)NC1CCC(C)C1. The molecule has 2 atom stereocenters. The molecule has 1 aliphatic rings. The number of rotatable bonds is 5. The monoisotopic (exact) mass is 275 g/mol. The number of hydrogen-bond acceptors (Lipinski definition) is 3. The van der Waals surface area contributed by atoms with E-state index >= 15 is 0 Å². The highest BCUT2D eigenvalue weighted by Crippen LogP contribution is 2.25. The van der Waals surface area contributed by atoms with E-state index in [1.807, 2.05) is 13.0 Å². The molecule has 1 amide bonds. The van der Waals surface area contributed by atoms with Gasteiger partial charge in [0.05, 0.1) is 11.3 Å². The van der Waals surface area contributed by atoms with Gasteiger partial charge in [-0.1, -0.05) is 13.8 Å². The molecule has 0 aromatic carbocycles. The average molecular weight is 275 g/mol. The maximum Gasteiger partial charge on any atom is 0.255 e. The van der Waals surface area contributed by atoms with Gasteiger partial charge in [0.2, 0.25) is 0 Å². The highest BCUT2D eigenvalue weighted by Gasteiger charge is 2.24. The summed E-state index contributed by atoms with van der Waals surface area (Å²) in [6.45, 7) is 7.16. The first-order valence-corrected chi connectivity index (χ1v) is 7.61. The van der Waals surface area contributed by atoms with Crippen LogP contribution in [0.4, 0.5) is 5.69 Å². The van der Waals surface area contributed by atoms with Crippen molar-refractivity contribution in [2.24, 2.45) is 5.92 Å². The number of nitrogens with one attached hydrogen (secondary N) is 2. The fourth-order valence-corrected chi connectivity index (χ4v) is 2.75. The molecule has 0 radical (unpaired) electrons. The summed E-state index contributed by atoms with van der Waals surface area (Å²) in [5.41, 5.74) is 2.47. The van der Waals surface area contributed by atoms with E-state index in [1.54, 1.807) is 6.20 Å². The largest absolute Gasteiger partial charge is 0.384 e. The van der Waals surface area contributed by atoms with Gasteiger partial charge >= 0.3 is 0 Å². The van der Waals surface area contributed by atoms with E-state index in [0.717, 1.165) is 37.2 Å². The van der Waals surface area contributed by atoms with Crippen molar-refractivity contribution in [3.8, 4) is 0 Å². The lowest BCUT2D eigenvalue weighted by Crippen LogP contribution is -2.33.